The number of rotatable bonds is 3. The van der Waals surface area contributed by atoms with Crippen LogP contribution in [0.5, 0.6) is 0 Å². The zero-order chi connectivity index (χ0) is 13.4. The van der Waals surface area contributed by atoms with Gasteiger partial charge in [-0.3, -0.25) is 5.10 Å². The molecule has 2 aromatic heterocycles. The minimum atomic E-state index is 0.580. The van der Waals surface area contributed by atoms with Gasteiger partial charge in [0.25, 0.3) is 0 Å². The van der Waals surface area contributed by atoms with Crippen molar-refractivity contribution in [3.05, 3.63) is 34.4 Å². The summed E-state index contributed by atoms with van der Waals surface area (Å²) in [5.74, 6) is 0.580. The number of hydrogen-bond donors (Lipinski definition) is 2. The second kappa shape index (κ2) is 4.70. The number of hydrogen-bond acceptors (Lipinski definition) is 3. The lowest BCUT2D eigenvalue weighted by Gasteiger charge is -2.03. The Morgan fingerprint density at radius 2 is 2.16 bits per heavy atom. The van der Waals surface area contributed by atoms with Gasteiger partial charge in [0.05, 0.1) is 16.8 Å². The molecule has 0 fully saturated rings. The fourth-order valence-electron chi connectivity index (χ4n) is 2.20. The lowest BCUT2D eigenvalue weighted by Crippen LogP contribution is -1.99. The summed E-state index contributed by atoms with van der Waals surface area (Å²) in [5.41, 5.74) is 8.67. The molecule has 0 aliphatic heterocycles. The van der Waals surface area contributed by atoms with Gasteiger partial charge in [0.15, 0.2) is 5.65 Å². The smallest absolute Gasteiger partial charge is 0.186 e. The van der Waals surface area contributed by atoms with E-state index in [9.17, 15) is 0 Å². The van der Waals surface area contributed by atoms with E-state index in [0.29, 0.717) is 5.82 Å². The summed E-state index contributed by atoms with van der Waals surface area (Å²) in [6.07, 6.45) is 1.91. The Labute approximate surface area is 118 Å². The highest BCUT2D eigenvalue weighted by atomic mass is 79.9. The van der Waals surface area contributed by atoms with Crippen molar-refractivity contribution in [2.24, 2.45) is 0 Å². The molecule has 6 heteroatoms. The van der Waals surface area contributed by atoms with E-state index in [1.807, 2.05) is 28.9 Å². The summed E-state index contributed by atoms with van der Waals surface area (Å²) in [6, 6.07) is 7.93. The van der Waals surface area contributed by atoms with Crippen LogP contribution < -0.4 is 5.73 Å². The number of anilines is 1. The van der Waals surface area contributed by atoms with E-state index in [0.717, 1.165) is 39.7 Å². The Bertz CT molecular complexity index is 728. The lowest BCUT2D eigenvalue weighted by atomic mass is 10.2. The molecule has 0 spiro atoms. The Balaban J connectivity index is 2.28. The van der Waals surface area contributed by atoms with Gasteiger partial charge in [-0.25, -0.2) is 4.68 Å². The number of nitrogens with two attached hydrogens (primary N) is 1. The Hall–Kier alpha value is -1.82. The third-order valence-corrected chi connectivity index (χ3v) is 3.72. The minimum absolute atomic E-state index is 0.580. The fourth-order valence-corrected chi connectivity index (χ4v) is 2.66. The van der Waals surface area contributed by atoms with Crippen LogP contribution in [0.25, 0.3) is 16.7 Å². The molecule has 0 saturated heterocycles. The number of para-hydroxylation sites is 1. The Kier molecular flexibility index (Phi) is 3.02. The van der Waals surface area contributed by atoms with Crippen LogP contribution >= 0.6 is 15.9 Å². The first kappa shape index (κ1) is 12.2. The third kappa shape index (κ3) is 1.92. The highest BCUT2D eigenvalue weighted by Crippen LogP contribution is 2.28. The SMILES string of the molecule is CCCc1nn(-c2ccccc2Br)c2n[nH]c(N)c12. The van der Waals surface area contributed by atoms with Crippen LogP contribution in [0.15, 0.2) is 28.7 Å². The summed E-state index contributed by atoms with van der Waals surface area (Å²) < 4.78 is 2.81. The number of halogens is 1. The van der Waals surface area contributed by atoms with Gasteiger partial charge >= 0.3 is 0 Å². The van der Waals surface area contributed by atoms with Gasteiger partial charge in [0.2, 0.25) is 0 Å². The summed E-state index contributed by atoms with van der Waals surface area (Å²) in [5, 5.41) is 12.7. The number of nitrogen functional groups attached to an aromatic ring is 1. The molecule has 1 aromatic carbocycles. The van der Waals surface area contributed by atoms with E-state index >= 15 is 0 Å². The largest absolute Gasteiger partial charge is 0.383 e. The number of nitrogens with zero attached hydrogens (tertiary/aromatic N) is 3. The summed E-state index contributed by atoms with van der Waals surface area (Å²) >= 11 is 3.54. The van der Waals surface area contributed by atoms with Gasteiger partial charge in [0, 0.05) is 4.47 Å². The van der Waals surface area contributed by atoms with Gasteiger partial charge in [0.1, 0.15) is 5.82 Å². The van der Waals surface area contributed by atoms with Crippen LogP contribution in [0.3, 0.4) is 0 Å². The number of H-pyrrole nitrogens is 1. The van der Waals surface area contributed by atoms with Crippen molar-refractivity contribution in [3.63, 3.8) is 0 Å². The van der Waals surface area contributed by atoms with E-state index in [1.165, 1.54) is 0 Å². The van der Waals surface area contributed by atoms with Crippen molar-refractivity contribution in [1.82, 2.24) is 20.0 Å². The van der Waals surface area contributed by atoms with Crippen molar-refractivity contribution >= 4 is 32.8 Å². The number of nitrogens with one attached hydrogen (secondary N) is 1. The Morgan fingerprint density at radius 3 is 2.89 bits per heavy atom. The number of fused-ring (bicyclic) bond motifs is 1. The number of aryl methyl sites for hydroxylation is 1. The van der Waals surface area contributed by atoms with E-state index in [-0.39, 0.29) is 0 Å². The predicted molar refractivity (Wildman–Crippen MR) is 79.3 cm³/mol. The van der Waals surface area contributed by atoms with Crippen molar-refractivity contribution in [3.8, 4) is 5.69 Å². The molecule has 0 aliphatic rings. The molecule has 3 rings (SSSR count). The Morgan fingerprint density at radius 1 is 1.37 bits per heavy atom. The number of benzene rings is 1. The number of aromatic nitrogens is 4. The van der Waals surface area contributed by atoms with Gasteiger partial charge in [-0.15, -0.1) is 0 Å². The molecule has 0 atom stereocenters. The molecular formula is C13H14BrN5. The molecule has 5 nitrogen and oxygen atoms in total. The van der Waals surface area contributed by atoms with Crippen LogP contribution in [0.2, 0.25) is 0 Å². The average molecular weight is 320 g/mol. The predicted octanol–water partition coefficient (Wildman–Crippen LogP) is 3.05. The second-order valence-corrected chi connectivity index (χ2v) is 5.25. The summed E-state index contributed by atoms with van der Waals surface area (Å²) in [4.78, 5) is 0. The van der Waals surface area contributed by atoms with E-state index < -0.39 is 0 Å². The van der Waals surface area contributed by atoms with Gasteiger partial charge in [-0.2, -0.15) is 10.2 Å². The minimum Gasteiger partial charge on any atom is -0.383 e. The molecule has 0 unspecified atom stereocenters. The zero-order valence-electron chi connectivity index (χ0n) is 10.5. The van der Waals surface area contributed by atoms with Crippen molar-refractivity contribution in [1.29, 1.82) is 0 Å². The molecular weight excluding hydrogens is 306 g/mol. The molecule has 2 heterocycles. The highest BCUT2D eigenvalue weighted by molar-refractivity contribution is 9.10. The molecule has 19 heavy (non-hydrogen) atoms. The molecule has 0 aliphatic carbocycles. The van der Waals surface area contributed by atoms with Gasteiger partial charge in [-0.1, -0.05) is 25.5 Å². The van der Waals surface area contributed by atoms with Crippen LogP contribution in [0.4, 0.5) is 5.82 Å². The number of aromatic amines is 1. The monoisotopic (exact) mass is 319 g/mol. The van der Waals surface area contributed by atoms with Crippen molar-refractivity contribution in [2.45, 2.75) is 19.8 Å². The van der Waals surface area contributed by atoms with Crippen LogP contribution in [-0.4, -0.2) is 20.0 Å². The molecule has 3 aromatic rings. The first-order chi connectivity index (χ1) is 9.22. The maximum Gasteiger partial charge on any atom is 0.186 e. The molecule has 0 radical (unpaired) electrons. The van der Waals surface area contributed by atoms with E-state index in [2.05, 4.69) is 38.1 Å². The molecule has 98 valence electrons. The average Bonchev–Trinajstić information content (AvgIpc) is 2.93. The second-order valence-electron chi connectivity index (χ2n) is 4.40. The first-order valence-electron chi connectivity index (χ1n) is 6.18. The van der Waals surface area contributed by atoms with E-state index in [1.54, 1.807) is 0 Å². The molecule has 0 saturated carbocycles. The zero-order valence-corrected chi connectivity index (χ0v) is 12.1. The quantitative estimate of drug-likeness (QED) is 0.779. The standard InChI is InChI=1S/C13H14BrN5/c1-2-5-9-11-12(15)16-17-13(11)19(18-9)10-7-4-3-6-8(10)14/h3-4,6-7H,2,5H2,1H3,(H3,15,16,17). The summed E-state index contributed by atoms with van der Waals surface area (Å²) in [6.45, 7) is 2.12. The van der Waals surface area contributed by atoms with Crippen LogP contribution in [-0.2, 0) is 6.42 Å². The van der Waals surface area contributed by atoms with Crippen molar-refractivity contribution in [2.75, 3.05) is 5.73 Å². The normalized spacial score (nSPS) is 11.3. The van der Waals surface area contributed by atoms with Crippen LogP contribution in [0.1, 0.15) is 19.0 Å². The van der Waals surface area contributed by atoms with Crippen LogP contribution in [0, 0.1) is 0 Å². The maximum atomic E-state index is 5.95. The molecule has 3 N–H and O–H groups in total. The molecule has 0 bridgehead atoms. The molecule has 0 amide bonds. The van der Waals surface area contributed by atoms with Gasteiger partial charge < -0.3 is 5.73 Å². The first-order valence-corrected chi connectivity index (χ1v) is 6.98. The van der Waals surface area contributed by atoms with Gasteiger partial charge in [-0.05, 0) is 34.5 Å². The summed E-state index contributed by atoms with van der Waals surface area (Å²) in [7, 11) is 0. The fraction of sp³-hybridized carbons (Fsp3) is 0.231. The topological polar surface area (TPSA) is 72.5 Å². The van der Waals surface area contributed by atoms with E-state index in [4.69, 9.17) is 5.73 Å². The maximum absolute atomic E-state index is 5.95. The van der Waals surface area contributed by atoms with Crippen molar-refractivity contribution < 1.29 is 0 Å². The lowest BCUT2D eigenvalue weighted by molar-refractivity contribution is 0.808. The highest BCUT2D eigenvalue weighted by Gasteiger charge is 2.17. The third-order valence-electron chi connectivity index (χ3n) is 3.05.